The Bertz CT molecular complexity index is 607. The number of H-pyrrole nitrogens is 1. The number of thioether (sulfide) groups is 1. The van der Waals surface area contributed by atoms with Gasteiger partial charge in [-0.25, -0.2) is 5.10 Å². The molecule has 20 heavy (non-hydrogen) atoms. The Morgan fingerprint density at radius 3 is 2.65 bits per heavy atom. The lowest BCUT2D eigenvalue weighted by Gasteiger charge is -2.26. The van der Waals surface area contributed by atoms with Crippen LogP contribution >= 0.6 is 27.7 Å². The lowest BCUT2D eigenvalue weighted by atomic mass is 10.1. The van der Waals surface area contributed by atoms with Crippen LogP contribution in [0.15, 0.2) is 28.7 Å². The average Bonchev–Trinajstić information content (AvgIpc) is 2.97. The molecule has 1 aromatic carbocycles. The summed E-state index contributed by atoms with van der Waals surface area (Å²) in [5, 5.41) is 10.6. The van der Waals surface area contributed by atoms with Gasteiger partial charge in [0.15, 0.2) is 11.5 Å². The monoisotopic (exact) mass is 352 g/mol. The Kier molecular flexibility index (Phi) is 4.07. The largest absolute Gasteiger partial charge is 0.353 e. The quantitative estimate of drug-likeness (QED) is 0.859. The first-order valence-corrected chi connectivity index (χ1v) is 8.24. The van der Waals surface area contributed by atoms with Crippen molar-refractivity contribution in [3.05, 3.63) is 40.0 Å². The minimum atomic E-state index is -0.0977. The van der Waals surface area contributed by atoms with Crippen molar-refractivity contribution >= 4 is 39.3 Å². The molecule has 1 N–H and O–H groups in total. The summed E-state index contributed by atoms with van der Waals surface area (Å²) < 4.78 is 0.947. The topological polar surface area (TPSA) is 61.9 Å². The first kappa shape index (κ1) is 13.6. The number of ketones is 1. The second-order valence-corrected chi connectivity index (χ2v) is 6.58. The van der Waals surface area contributed by atoms with E-state index in [4.69, 9.17) is 0 Å². The van der Waals surface area contributed by atoms with E-state index in [9.17, 15) is 4.79 Å². The Balaban J connectivity index is 1.88. The molecule has 1 aliphatic rings. The molecular formula is C13H13BrN4OS. The molecule has 0 bridgehead atoms. The van der Waals surface area contributed by atoms with E-state index in [0.717, 1.165) is 34.9 Å². The van der Waals surface area contributed by atoms with Gasteiger partial charge in [0.05, 0.1) is 0 Å². The number of aromatic nitrogens is 3. The first-order chi connectivity index (χ1) is 9.75. The van der Waals surface area contributed by atoms with Gasteiger partial charge in [-0.1, -0.05) is 21.1 Å². The van der Waals surface area contributed by atoms with Gasteiger partial charge in [0, 0.05) is 34.6 Å². The summed E-state index contributed by atoms with van der Waals surface area (Å²) in [7, 11) is 0. The van der Waals surface area contributed by atoms with Crippen LogP contribution in [0.25, 0.3) is 0 Å². The maximum absolute atomic E-state index is 12.5. The Morgan fingerprint density at radius 2 is 1.95 bits per heavy atom. The number of hydrogen-bond acceptors (Lipinski definition) is 5. The highest BCUT2D eigenvalue weighted by molar-refractivity contribution is 9.10. The predicted molar refractivity (Wildman–Crippen MR) is 83.5 cm³/mol. The van der Waals surface area contributed by atoms with Crippen molar-refractivity contribution in [2.75, 3.05) is 29.5 Å². The van der Waals surface area contributed by atoms with Gasteiger partial charge in [-0.2, -0.15) is 11.8 Å². The third-order valence-electron chi connectivity index (χ3n) is 3.18. The van der Waals surface area contributed by atoms with Crippen molar-refractivity contribution in [3.8, 4) is 0 Å². The zero-order chi connectivity index (χ0) is 13.9. The zero-order valence-corrected chi connectivity index (χ0v) is 13.1. The summed E-state index contributed by atoms with van der Waals surface area (Å²) >= 11 is 5.29. The molecule has 2 heterocycles. The van der Waals surface area contributed by atoms with Crippen LogP contribution in [0.3, 0.4) is 0 Å². The van der Waals surface area contributed by atoms with Gasteiger partial charge in [0.25, 0.3) is 0 Å². The molecule has 1 aromatic heterocycles. The maximum atomic E-state index is 12.5. The van der Waals surface area contributed by atoms with Crippen LogP contribution in [-0.4, -0.2) is 45.8 Å². The highest BCUT2D eigenvalue weighted by atomic mass is 79.9. The summed E-state index contributed by atoms with van der Waals surface area (Å²) in [6.07, 6.45) is 0. The summed E-state index contributed by atoms with van der Waals surface area (Å²) in [6.45, 7) is 1.82. The van der Waals surface area contributed by atoms with Crippen LogP contribution in [0.5, 0.6) is 0 Å². The molecule has 0 saturated carbocycles. The minimum Gasteiger partial charge on any atom is -0.353 e. The number of hydrogen-bond donors (Lipinski definition) is 1. The number of carbonyl (C=O) groups is 1. The number of aromatic amines is 1. The van der Waals surface area contributed by atoms with Crippen LogP contribution < -0.4 is 4.90 Å². The van der Waals surface area contributed by atoms with E-state index in [0.29, 0.717) is 11.3 Å². The molecule has 2 aromatic rings. The zero-order valence-electron chi connectivity index (χ0n) is 10.7. The van der Waals surface area contributed by atoms with E-state index in [1.165, 1.54) is 0 Å². The number of nitrogens with one attached hydrogen (secondary N) is 1. The number of rotatable bonds is 3. The van der Waals surface area contributed by atoms with Crippen molar-refractivity contribution in [2.24, 2.45) is 0 Å². The van der Waals surface area contributed by atoms with E-state index < -0.39 is 0 Å². The van der Waals surface area contributed by atoms with E-state index in [1.807, 2.05) is 23.9 Å². The molecule has 3 rings (SSSR count). The van der Waals surface area contributed by atoms with Crippen LogP contribution in [0.4, 0.5) is 5.82 Å². The number of nitrogens with zero attached hydrogens (tertiary/aromatic N) is 3. The molecule has 0 aliphatic carbocycles. The van der Waals surface area contributed by atoms with Gasteiger partial charge in [-0.15, -0.1) is 5.10 Å². The molecule has 0 amide bonds. The van der Waals surface area contributed by atoms with Crippen LogP contribution in [-0.2, 0) is 0 Å². The molecule has 1 aliphatic heterocycles. The van der Waals surface area contributed by atoms with Crippen molar-refractivity contribution in [3.63, 3.8) is 0 Å². The molecule has 0 spiro atoms. The molecule has 1 saturated heterocycles. The Morgan fingerprint density at radius 1 is 1.25 bits per heavy atom. The van der Waals surface area contributed by atoms with Crippen molar-refractivity contribution in [1.29, 1.82) is 0 Å². The minimum absolute atomic E-state index is 0.0977. The lowest BCUT2D eigenvalue weighted by Crippen LogP contribution is -2.33. The summed E-state index contributed by atoms with van der Waals surface area (Å²) in [5.41, 5.74) is 1.02. The molecule has 1 fully saturated rings. The lowest BCUT2D eigenvalue weighted by molar-refractivity contribution is 0.103. The predicted octanol–water partition coefficient (Wildman–Crippen LogP) is 2.35. The summed E-state index contributed by atoms with van der Waals surface area (Å²) in [4.78, 5) is 14.7. The third kappa shape index (κ3) is 2.73. The SMILES string of the molecule is O=C(c1ccc(Br)cc1)c1nn[nH]c1N1CCSCC1. The fourth-order valence-electron chi connectivity index (χ4n) is 2.12. The van der Waals surface area contributed by atoms with Gasteiger partial charge in [-0.3, -0.25) is 4.79 Å². The van der Waals surface area contributed by atoms with Crippen LogP contribution in [0.1, 0.15) is 16.1 Å². The van der Waals surface area contributed by atoms with Gasteiger partial charge in [0.1, 0.15) is 0 Å². The second-order valence-electron chi connectivity index (χ2n) is 4.44. The first-order valence-electron chi connectivity index (χ1n) is 6.30. The molecule has 0 radical (unpaired) electrons. The summed E-state index contributed by atoms with van der Waals surface area (Å²) in [6, 6.07) is 7.28. The molecular weight excluding hydrogens is 340 g/mol. The highest BCUT2D eigenvalue weighted by Gasteiger charge is 2.23. The van der Waals surface area contributed by atoms with Gasteiger partial charge in [-0.05, 0) is 24.3 Å². The number of anilines is 1. The number of carbonyl (C=O) groups excluding carboxylic acids is 1. The molecule has 7 heteroatoms. The fraction of sp³-hybridized carbons (Fsp3) is 0.308. The smallest absolute Gasteiger partial charge is 0.217 e. The number of halogens is 1. The standard InChI is InChI=1S/C13H13BrN4OS/c14-10-3-1-9(2-4-10)12(19)11-13(16-17-15-11)18-5-7-20-8-6-18/h1-4H,5-8H2,(H,15,16,17). The Hall–Kier alpha value is -1.34. The average molecular weight is 353 g/mol. The maximum Gasteiger partial charge on any atom is 0.217 e. The van der Waals surface area contributed by atoms with E-state index in [-0.39, 0.29) is 5.78 Å². The van der Waals surface area contributed by atoms with E-state index in [2.05, 4.69) is 36.2 Å². The van der Waals surface area contributed by atoms with Crippen LogP contribution in [0.2, 0.25) is 0 Å². The summed E-state index contributed by atoms with van der Waals surface area (Å²) in [5.74, 6) is 2.76. The van der Waals surface area contributed by atoms with Crippen molar-refractivity contribution < 1.29 is 4.79 Å². The van der Waals surface area contributed by atoms with E-state index in [1.54, 1.807) is 12.1 Å². The fourth-order valence-corrected chi connectivity index (χ4v) is 3.29. The van der Waals surface area contributed by atoms with Gasteiger partial charge >= 0.3 is 0 Å². The molecule has 104 valence electrons. The van der Waals surface area contributed by atoms with Crippen molar-refractivity contribution in [2.45, 2.75) is 0 Å². The molecule has 0 unspecified atom stereocenters. The number of benzene rings is 1. The van der Waals surface area contributed by atoms with Crippen molar-refractivity contribution in [1.82, 2.24) is 15.4 Å². The normalized spacial score (nSPS) is 15.3. The van der Waals surface area contributed by atoms with Gasteiger partial charge < -0.3 is 4.90 Å². The second kappa shape index (κ2) is 5.97. The Labute approximate surface area is 129 Å². The highest BCUT2D eigenvalue weighted by Crippen LogP contribution is 2.22. The van der Waals surface area contributed by atoms with E-state index >= 15 is 0 Å². The third-order valence-corrected chi connectivity index (χ3v) is 4.65. The molecule has 0 atom stereocenters. The van der Waals surface area contributed by atoms with Gasteiger partial charge in [0.2, 0.25) is 5.78 Å². The van der Waals surface area contributed by atoms with Crippen LogP contribution in [0, 0.1) is 0 Å². The molecule has 5 nitrogen and oxygen atoms in total.